The maximum absolute atomic E-state index is 9.58. The lowest BCUT2D eigenvalue weighted by Gasteiger charge is -2.14. The Kier molecular flexibility index (Phi) is 11.8. The Morgan fingerprint density at radius 1 is 0.328 bits per heavy atom. The third-order valence-electron chi connectivity index (χ3n) is 11.4. The van der Waals surface area contributed by atoms with Gasteiger partial charge < -0.3 is 18.9 Å². The highest BCUT2D eigenvalue weighted by atomic mass is 79.9. The first-order chi connectivity index (χ1) is 31.3. The minimum atomic E-state index is -1.47. The van der Waals surface area contributed by atoms with Gasteiger partial charge >= 0.3 is 7.12 Å². The van der Waals surface area contributed by atoms with Crippen LogP contribution in [-0.4, -0.2) is 17.2 Å². The van der Waals surface area contributed by atoms with Gasteiger partial charge in [-0.3, -0.25) is 0 Å². The van der Waals surface area contributed by atoms with Crippen molar-refractivity contribution in [1.82, 2.24) is 0 Å². The Labute approximate surface area is 394 Å². The summed E-state index contributed by atoms with van der Waals surface area (Å²) >= 11 is 10.5. The Morgan fingerprint density at radius 3 is 1.23 bits per heavy atom. The highest BCUT2D eigenvalue weighted by Gasteiger charge is 2.19. The summed E-state index contributed by atoms with van der Waals surface area (Å²) in [5.41, 5.74) is 11.0. The van der Waals surface area contributed by atoms with Crippen LogP contribution in [0.25, 0.3) is 98.8 Å². The van der Waals surface area contributed by atoms with E-state index < -0.39 is 7.12 Å². The van der Waals surface area contributed by atoms with Crippen molar-refractivity contribution >= 4 is 126 Å². The number of rotatable bonds is 4. The van der Waals surface area contributed by atoms with E-state index in [1.807, 2.05) is 97.1 Å². The van der Waals surface area contributed by atoms with E-state index in [0.717, 1.165) is 79.2 Å². The van der Waals surface area contributed by atoms with Crippen LogP contribution in [0.3, 0.4) is 0 Å². The van der Waals surface area contributed by atoms with Crippen LogP contribution in [0.5, 0.6) is 0 Å². The zero-order valence-electron chi connectivity index (χ0n) is 34.1. The first kappa shape index (κ1) is 41.7. The van der Waals surface area contributed by atoms with Crippen molar-refractivity contribution in [3.63, 3.8) is 0 Å². The van der Waals surface area contributed by atoms with Crippen molar-refractivity contribution < 1.29 is 18.9 Å². The van der Waals surface area contributed by atoms with Crippen molar-refractivity contribution in [3.8, 4) is 33.4 Å². The minimum absolute atomic E-state index is 0.532. The largest absolute Gasteiger partial charge is 0.489 e. The Hall–Kier alpha value is -6.26. The molecule has 0 amide bonds. The standard InChI is InChI=1S/C28H17BrO.C16H13BO2.C12H6Br2O/c29-21-12-15-27-25(17-21)24-16-20(11-14-26(24)30-27)23-13-10-18-6-4-5-9-22(18)28(23)19-7-2-1-3-8-19;18-17(19)15-11-10-12-6-4-5-9-14(12)16(15)13-7-2-1-3-8-13;13-7-1-3-11-9(5-7)10-6-8(14)2-4-12(10)15-11/h1-17H;1-11,18-19H;1-6H. The van der Waals surface area contributed by atoms with Crippen LogP contribution in [0.1, 0.15) is 0 Å². The third-order valence-corrected chi connectivity index (χ3v) is 12.9. The van der Waals surface area contributed by atoms with Crippen LogP contribution in [0.15, 0.2) is 229 Å². The molecular weight excluding hydrogens is 987 g/mol. The molecule has 2 heterocycles. The zero-order chi connectivity index (χ0) is 43.7. The van der Waals surface area contributed by atoms with Gasteiger partial charge in [-0.15, -0.1) is 0 Å². The molecule has 8 heteroatoms. The second-order valence-electron chi connectivity index (χ2n) is 15.4. The predicted octanol–water partition coefficient (Wildman–Crippen LogP) is 16.1. The molecule has 10 aromatic carbocycles. The molecule has 0 unspecified atom stereocenters. The minimum Gasteiger partial charge on any atom is -0.456 e. The zero-order valence-corrected chi connectivity index (χ0v) is 38.8. The average Bonchev–Trinajstić information content (AvgIpc) is 3.88. The second kappa shape index (κ2) is 18.1. The predicted molar refractivity (Wildman–Crippen MR) is 278 cm³/mol. The van der Waals surface area contributed by atoms with Gasteiger partial charge in [-0.05, 0) is 127 Å². The maximum atomic E-state index is 9.58. The van der Waals surface area contributed by atoms with Gasteiger partial charge in [-0.1, -0.05) is 187 Å². The van der Waals surface area contributed by atoms with Gasteiger partial charge in [-0.25, -0.2) is 0 Å². The molecule has 0 saturated heterocycles. The molecule has 12 rings (SSSR count). The fourth-order valence-corrected chi connectivity index (χ4v) is 9.58. The third kappa shape index (κ3) is 8.32. The summed E-state index contributed by atoms with van der Waals surface area (Å²) in [7, 11) is -1.47. The fraction of sp³-hybridized carbons (Fsp3) is 0. The molecule has 0 spiro atoms. The van der Waals surface area contributed by atoms with Gasteiger partial charge in [0.25, 0.3) is 0 Å². The highest BCUT2D eigenvalue weighted by Crippen LogP contribution is 2.41. The summed E-state index contributed by atoms with van der Waals surface area (Å²) in [6, 6.07) is 69.9. The fourth-order valence-electron chi connectivity index (χ4n) is 8.50. The molecule has 0 aliphatic carbocycles. The lowest BCUT2D eigenvalue weighted by Crippen LogP contribution is -2.31. The van der Waals surface area contributed by atoms with E-state index in [2.05, 4.69) is 151 Å². The lowest BCUT2D eigenvalue weighted by molar-refractivity contribution is 0.426. The molecule has 12 aromatic rings. The molecule has 2 N–H and O–H groups in total. The van der Waals surface area contributed by atoms with Gasteiger partial charge in [0.2, 0.25) is 0 Å². The summed E-state index contributed by atoms with van der Waals surface area (Å²) in [6.45, 7) is 0. The molecule has 308 valence electrons. The highest BCUT2D eigenvalue weighted by molar-refractivity contribution is 9.11. The van der Waals surface area contributed by atoms with Gasteiger partial charge in [0.05, 0.1) is 0 Å². The first-order valence-electron chi connectivity index (χ1n) is 20.7. The Balaban J connectivity index is 0.000000122. The SMILES string of the molecule is Brc1ccc2oc3ccc(-c4ccc5ccccc5c4-c4ccccc4)cc3c2c1.Brc1ccc2oc3ccc(Br)cc3c2c1.OB(O)c1ccc2ccccc2c1-c1ccccc1. The van der Waals surface area contributed by atoms with E-state index in [-0.39, 0.29) is 0 Å². The van der Waals surface area contributed by atoms with Crippen LogP contribution in [0.2, 0.25) is 0 Å². The number of benzene rings is 10. The van der Waals surface area contributed by atoms with E-state index in [0.29, 0.717) is 5.46 Å². The smallest absolute Gasteiger partial charge is 0.456 e. The summed E-state index contributed by atoms with van der Waals surface area (Å²) in [5, 5.41) is 28.3. The van der Waals surface area contributed by atoms with Crippen LogP contribution in [0.4, 0.5) is 0 Å². The summed E-state index contributed by atoms with van der Waals surface area (Å²) in [5.74, 6) is 0. The van der Waals surface area contributed by atoms with Crippen molar-refractivity contribution in [1.29, 1.82) is 0 Å². The molecule has 64 heavy (non-hydrogen) atoms. The van der Waals surface area contributed by atoms with E-state index >= 15 is 0 Å². The Morgan fingerprint density at radius 2 is 0.734 bits per heavy atom. The molecule has 0 atom stereocenters. The van der Waals surface area contributed by atoms with Gasteiger partial charge in [0.1, 0.15) is 22.3 Å². The summed E-state index contributed by atoms with van der Waals surface area (Å²) in [6.07, 6.45) is 0. The van der Waals surface area contributed by atoms with Crippen molar-refractivity contribution in [3.05, 3.63) is 220 Å². The molecule has 4 nitrogen and oxygen atoms in total. The van der Waals surface area contributed by atoms with Crippen LogP contribution >= 0.6 is 47.8 Å². The normalized spacial score (nSPS) is 11.2. The van der Waals surface area contributed by atoms with Gasteiger partial charge in [0, 0.05) is 35.0 Å². The quantitative estimate of drug-likeness (QED) is 0.172. The molecule has 0 fully saturated rings. The number of hydrogen-bond donors (Lipinski definition) is 2. The summed E-state index contributed by atoms with van der Waals surface area (Å²) < 4.78 is 15.0. The monoisotopic (exact) mass is 1020 g/mol. The van der Waals surface area contributed by atoms with Crippen molar-refractivity contribution in [2.75, 3.05) is 0 Å². The molecule has 0 aliphatic heterocycles. The van der Waals surface area contributed by atoms with E-state index in [1.54, 1.807) is 6.07 Å². The number of fused-ring (bicyclic) bond motifs is 8. The Bertz CT molecular complexity index is 3580. The molecule has 0 saturated carbocycles. The maximum Gasteiger partial charge on any atom is 0.489 e. The van der Waals surface area contributed by atoms with E-state index in [9.17, 15) is 10.0 Å². The number of halogens is 3. The molecule has 2 aromatic heterocycles. The molecule has 0 bridgehead atoms. The van der Waals surface area contributed by atoms with Gasteiger partial charge in [-0.2, -0.15) is 0 Å². The first-order valence-corrected chi connectivity index (χ1v) is 23.1. The van der Waals surface area contributed by atoms with Crippen LogP contribution in [-0.2, 0) is 0 Å². The van der Waals surface area contributed by atoms with Crippen LogP contribution in [0, 0.1) is 0 Å². The topological polar surface area (TPSA) is 66.7 Å². The van der Waals surface area contributed by atoms with Gasteiger partial charge in [0.15, 0.2) is 0 Å². The van der Waals surface area contributed by atoms with E-state index in [1.165, 1.54) is 33.0 Å². The second-order valence-corrected chi connectivity index (χ2v) is 18.1. The average molecular weight is 1020 g/mol. The number of hydrogen-bond acceptors (Lipinski definition) is 4. The van der Waals surface area contributed by atoms with Crippen molar-refractivity contribution in [2.45, 2.75) is 0 Å². The lowest BCUT2D eigenvalue weighted by atomic mass is 9.74. The van der Waals surface area contributed by atoms with Crippen LogP contribution < -0.4 is 5.46 Å². The molecule has 0 radical (unpaired) electrons. The summed E-state index contributed by atoms with van der Waals surface area (Å²) in [4.78, 5) is 0. The molecular formula is C56H36BBr3O4. The van der Waals surface area contributed by atoms with Crippen molar-refractivity contribution in [2.24, 2.45) is 0 Å². The molecule has 0 aliphatic rings. The van der Waals surface area contributed by atoms with E-state index in [4.69, 9.17) is 8.83 Å². The number of furan rings is 2.